The summed E-state index contributed by atoms with van der Waals surface area (Å²) in [5, 5.41) is 4.61. The van der Waals surface area contributed by atoms with Crippen LogP contribution in [0.4, 0.5) is 11.4 Å². The van der Waals surface area contributed by atoms with Crippen molar-refractivity contribution < 1.29 is 14.3 Å². The van der Waals surface area contributed by atoms with Crippen molar-refractivity contribution in [2.24, 2.45) is 0 Å². The quantitative estimate of drug-likeness (QED) is 0.506. The first kappa shape index (κ1) is 17.9. The highest BCUT2D eigenvalue weighted by Gasteiger charge is 2.14. The molecule has 132 valence electrons. The molecule has 6 heteroatoms. The van der Waals surface area contributed by atoms with E-state index in [0.717, 1.165) is 11.1 Å². The number of aromatic nitrogens is 1. The monoisotopic (exact) mass is 368 g/mol. The number of Topliss-reactive ketones (excluding diaryl/α,β-unsaturated/α-hetero) is 1. The lowest BCUT2D eigenvalue weighted by Crippen LogP contribution is -2.08. The van der Waals surface area contributed by atoms with Crippen LogP contribution in [0.3, 0.4) is 0 Å². The number of carbonyl (C=O) groups excluding carboxylic acids is 2. The number of carbonyl (C=O) groups is 2. The lowest BCUT2D eigenvalue weighted by molar-refractivity contribution is 0.0520. The summed E-state index contributed by atoms with van der Waals surface area (Å²) in [6.45, 7) is 3.54. The minimum atomic E-state index is -0.487. The van der Waals surface area contributed by atoms with Gasteiger partial charge in [-0.15, -0.1) is 0 Å². The number of ketones is 1. The van der Waals surface area contributed by atoms with Crippen molar-refractivity contribution in [3.05, 3.63) is 64.8 Å². The maximum Gasteiger partial charge on any atom is 0.357 e. The predicted molar refractivity (Wildman–Crippen MR) is 102 cm³/mol. The average Bonchev–Trinajstić information content (AvgIpc) is 2.62. The molecule has 0 aliphatic rings. The molecule has 1 heterocycles. The Hall–Kier alpha value is -2.92. The van der Waals surface area contributed by atoms with E-state index in [1.165, 1.54) is 6.92 Å². The number of nitrogens with zero attached hydrogens (tertiary/aromatic N) is 1. The van der Waals surface area contributed by atoms with Crippen molar-refractivity contribution in [2.45, 2.75) is 13.8 Å². The molecule has 0 radical (unpaired) electrons. The molecule has 0 aliphatic heterocycles. The standard InChI is InChI=1S/C20H17ClN2O3/c1-3-26-20(25)19-11-18(16-10-14(21)6-9-17(16)23-19)22-15-7-4-13(5-8-15)12(2)24/h4-11H,3H2,1-2H3,(H,22,23). The highest BCUT2D eigenvalue weighted by molar-refractivity contribution is 6.31. The van der Waals surface area contributed by atoms with Crippen molar-refractivity contribution in [3.8, 4) is 0 Å². The molecular weight excluding hydrogens is 352 g/mol. The number of benzene rings is 2. The van der Waals surface area contributed by atoms with E-state index in [4.69, 9.17) is 16.3 Å². The molecule has 3 rings (SSSR count). The molecule has 26 heavy (non-hydrogen) atoms. The lowest BCUT2D eigenvalue weighted by Gasteiger charge is -2.12. The van der Waals surface area contributed by atoms with Crippen molar-refractivity contribution in [1.82, 2.24) is 4.98 Å². The predicted octanol–water partition coefficient (Wildman–Crippen LogP) is 5.01. The van der Waals surface area contributed by atoms with Gasteiger partial charge in [0, 0.05) is 21.7 Å². The number of anilines is 2. The molecule has 0 saturated heterocycles. The highest BCUT2D eigenvalue weighted by Crippen LogP contribution is 2.29. The van der Waals surface area contributed by atoms with Crippen LogP contribution < -0.4 is 5.32 Å². The first-order valence-electron chi connectivity index (χ1n) is 8.13. The average molecular weight is 369 g/mol. The summed E-state index contributed by atoms with van der Waals surface area (Å²) in [6.07, 6.45) is 0. The molecule has 1 aromatic heterocycles. The van der Waals surface area contributed by atoms with Gasteiger partial charge in [-0.1, -0.05) is 11.6 Å². The third-order valence-corrected chi connectivity index (χ3v) is 4.06. The van der Waals surface area contributed by atoms with E-state index < -0.39 is 5.97 Å². The van der Waals surface area contributed by atoms with E-state index in [1.807, 2.05) is 0 Å². The minimum absolute atomic E-state index is 0.00212. The summed E-state index contributed by atoms with van der Waals surface area (Å²) in [7, 11) is 0. The smallest absolute Gasteiger partial charge is 0.357 e. The number of hydrogen-bond acceptors (Lipinski definition) is 5. The molecule has 0 atom stereocenters. The van der Waals surface area contributed by atoms with Crippen LogP contribution in [0.25, 0.3) is 10.9 Å². The molecule has 0 aliphatic carbocycles. The summed E-state index contributed by atoms with van der Waals surface area (Å²) in [6, 6.07) is 14.0. The number of esters is 1. The van der Waals surface area contributed by atoms with Crippen LogP contribution in [0.2, 0.25) is 5.02 Å². The Labute approximate surface area is 156 Å². The van der Waals surface area contributed by atoms with Crippen LogP contribution >= 0.6 is 11.6 Å². The normalized spacial score (nSPS) is 10.6. The summed E-state index contributed by atoms with van der Waals surface area (Å²) in [5.41, 5.74) is 2.92. The molecule has 0 bridgehead atoms. The third-order valence-electron chi connectivity index (χ3n) is 3.83. The van der Waals surface area contributed by atoms with Gasteiger partial charge < -0.3 is 10.1 Å². The van der Waals surface area contributed by atoms with Crippen molar-refractivity contribution in [2.75, 3.05) is 11.9 Å². The van der Waals surface area contributed by atoms with Gasteiger partial charge in [0.25, 0.3) is 0 Å². The SMILES string of the molecule is CCOC(=O)c1cc(Nc2ccc(C(C)=O)cc2)c2cc(Cl)ccc2n1. The van der Waals surface area contributed by atoms with E-state index >= 15 is 0 Å². The van der Waals surface area contributed by atoms with Crippen LogP contribution in [-0.2, 0) is 4.74 Å². The van der Waals surface area contributed by atoms with Gasteiger partial charge in [-0.05, 0) is 62.4 Å². The third kappa shape index (κ3) is 3.83. The van der Waals surface area contributed by atoms with Crippen LogP contribution in [-0.4, -0.2) is 23.3 Å². The Morgan fingerprint density at radius 2 is 1.85 bits per heavy atom. The van der Waals surface area contributed by atoms with Gasteiger partial charge in [0.2, 0.25) is 0 Å². The van der Waals surface area contributed by atoms with Gasteiger partial charge in [-0.2, -0.15) is 0 Å². The second kappa shape index (κ2) is 7.54. The summed E-state index contributed by atoms with van der Waals surface area (Å²) >= 11 is 6.12. The Balaban J connectivity index is 2.05. The number of fused-ring (bicyclic) bond motifs is 1. The second-order valence-corrected chi connectivity index (χ2v) is 6.13. The zero-order valence-corrected chi connectivity index (χ0v) is 15.1. The number of hydrogen-bond donors (Lipinski definition) is 1. The number of ether oxygens (including phenoxy) is 1. The van der Waals surface area contributed by atoms with Crippen molar-refractivity contribution in [3.63, 3.8) is 0 Å². The minimum Gasteiger partial charge on any atom is -0.461 e. The van der Waals surface area contributed by atoms with Crippen LogP contribution in [0.15, 0.2) is 48.5 Å². The fourth-order valence-corrected chi connectivity index (χ4v) is 2.73. The van der Waals surface area contributed by atoms with Gasteiger partial charge in [0.15, 0.2) is 11.5 Å². The Kier molecular flexibility index (Phi) is 5.19. The fourth-order valence-electron chi connectivity index (χ4n) is 2.55. The Morgan fingerprint density at radius 3 is 2.50 bits per heavy atom. The van der Waals surface area contributed by atoms with Gasteiger partial charge in [-0.3, -0.25) is 4.79 Å². The second-order valence-electron chi connectivity index (χ2n) is 5.70. The Morgan fingerprint density at radius 1 is 1.12 bits per heavy atom. The lowest BCUT2D eigenvalue weighted by atomic mass is 10.1. The molecular formula is C20H17ClN2O3. The molecule has 0 saturated carbocycles. The summed E-state index contributed by atoms with van der Waals surface area (Å²) < 4.78 is 5.06. The van der Waals surface area contributed by atoms with Crippen LogP contribution in [0, 0.1) is 0 Å². The van der Waals surface area contributed by atoms with Crippen LogP contribution in [0.5, 0.6) is 0 Å². The Bertz CT molecular complexity index is 984. The fraction of sp³-hybridized carbons (Fsp3) is 0.150. The van der Waals surface area contributed by atoms with E-state index in [0.29, 0.717) is 21.8 Å². The molecule has 2 aromatic carbocycles. The maximum atomic E-state index is 12.1. The number of rotatable bonds is 5. The van der Waals surface area contributed by atoms with Gasteiger partial charge in [0.1, 0.15) is 0 Å². The number of halogens is 1. The topological polar surface area (TPSA) is 68.3 Å². The molecule has 1 N–H and O–H groups in total. The zero-order valence-electron chi connectivity index (χ0n) is 14.4. The molecule has 5 nitrogen and oxygen atoms in total. The first-order valence-corrected chi connectivity index (χ1v) is 8.51. The number of pyridine rings is 1. The molecule has 3 aromatic rings. The molecule has 0 amide bonds. The van der Waals surface area contributed by atoms with Crippen molar-refractivity contribution in [1.29, 1.82) is 0 Å². The van der Waals surface area contributed by atoms with Crippen LogP contribution in [0.1, 0.15) is 34.7 Å². The molecule has 0 unspecified atom stereocenters. The largest absolute Gasteiger partial charge is 0.461 e. The summed E-state index contributed by atoms with van der Waals surface area (Å²) in [5.74, 6) is -0.485. The van der Waals surface area contributed by atoms with Gasteiger partial charge in [-0.25, -0.2) is 9.78 Å². The van der Waals surface area contributed by atoms with Gasteiger partial charge in [0.05, 0.1) is 17.8 Å². The molecule has 0 fully saturated rings. The zero-order chi connectivity index (χ0) is 18.7. The maximum absolute atomic E-state index is 12.1. The van der Waals surface area contributed by atoms with E-state index in [-0.39, 0.29) is 18.1 Å². The van der Waals surface area contributed by atoms with Crippen molar-refractivity contribution >= 4 is 45.6 Å². The molecule has 0 spiro atoms. The van der Waals surface area contributed by atoms with E-state index in [9.17, 15) is 9.59 Å². The van der Waals surface area contributed by atoms with E-state index in [1.54, 1.807) is 55.5 Å². The van der Waals surface area contributed by atoms with E-state index in [2.05, 4.69) is 10.3 Å². The first-order chi connectivity index (χ1) is 12.5. The summed E-state index contributed by atoms with van der Waals surface area (Å²) in [4.78, 5) is 27.9. The number of nitrogens with one attached hydrogen (secondary N) is 1. The highest BCUT2D eigenvalue weighted by atomic mass is 35.5. The van der Waals surface area contributed by atoms with Gasteiger partial charge >= 0.3 is 5.97 Å².